The number of halogens is 3. The van der Waals surface area contributed by atoms with E-state index >= 15 is 0 Å². The van der Waals surface area contributed by atoms with Crippen LogP contribution in [0.25, 0.3) is 21.3 Å². The summed E-state index contributed by atoms with van der Waals surface area (Å²) in [7, 11) is -3.90. The third-order valence-corrected chi connectivity index (χ3v) is 6.72. The highest BCUT2D eigenvalue weighted by Crippen LogP contribution is 2.32. The SMILES string of the molecule is COc1ccc(-c2nc(COc3cccc4cc(NS(=O)(=O)C(F)(F)F)ccc34)cs2)cc1. The minimum atomic E-state index is -5.50. The highest BCUT2D eigenvalue weighted by atomic mass is 32.2. The van der Waals surface area contributed by atoms with Gasteiger partial charge in [-0.2, -0.15) is 21.6 Å². The van der Waals surface area contributed by atoms with Crippen LogP contribution in [-0.2, 0) is 16.6 Å². The fourth-order valence-corrected chi connectivity index (χ4v) is 4.41. The van der Waals surface area contributed by atoms with Gasteiger partial charge in [-0.05, 0) is 53.9 Å². The van der Waals surface area contributed by atoms with Crippen molar-refractivity contribution < 1.29 is 31.1 Å². The van der Waals surface area contributed by atoms with Crippen molar-refractivity contribution in [2.45, 2.75) is 12.1 Å². The molecule has 0 saturated heterocycles. The van der Waals surface area contributed by atoms with Gasteiger partial charge in [0.05, 0.1) is 12.8 Å². The molecule has 6 nitrogen and oxygen atoms in total. The van der Waals surface area contributed by atoms with Crippen molar-refractivity contribution in [1.29, 1.82) is 0 Å². The average Bonchev–Trinajstić information content (AvgIpc) is 3.25. The second kappa shape index (κ2) is 8.91. The van der Waals surface area contributed by atoms with Gasteiger partial charge in [0.1, 0.15) is 23.1 Å². The third-order valence-electron chi connectivity index (χ3n) is 4.66. The Morgan fingerprint density at radius 2 is 1.82 bits per heavy atom. The summed E-state index contributed by atoms with van der Waals surface area (Å²) in [5.74, 6) is 1.25. The Hall–Kier alpha value is -3.31. The molecular weight excluding hydrogens is 477 g/mol. The fraction of sp³-hybridized carbons (Fsp3) is 0.136. The lowest BCUT2D eigenvalue weighted by molar-refractivity contribution is -0.0429. The summed E-state index contributed by atoms with van der Waals surface area (Å²) in [6.45, 7) is 0.189. The average molecular weight is 495 g/mol. The molecule has 0 atom stereocenters. The molecule has 0 radical (unpaired) electrons. The lowest BCUT2D eigenvalue weighted by Crippen LogP contribution is -2.29. The second-order valence-electron chi connectivity index (χ2n) is 6.90. The van der Waals surface area contributed by atoms with Crippen molar-refractivity contribution >= 4 is 37.8 Å². The first-order valence-electron chi connectivity index (χ1n) is 9.50. The molecule has 0 saturated carbocycles. The Labute approximate surface area is 191 Å². The van der Waals surface area contributed by atoms with Gasteiger partial charge in [0.2, 0.25) is 0 Å². The topological polar surface area (TPSA) is 77.5 Å². The maximum absolute atomic E-state index is 12.6. The van der Waals surface area contributed by atoms with E-state index in [2.05, 4.69) is 4.98 Å². The lowest BCUT2D eigenvalue weighted by atomic mass is 10.1. The van der Waals surface area contributed by atoms with E-state index in [1.165, 1.54) is 29.5 Å². The molecular formula is C22H17F3N2O4S2. The van der Waals surface area contributed by atoms with Crippen LogP contribution in [-0.4, -0.2) is 26.0 Å². The van der Waals surface area contributed by atoms with Gasteiger partial charge in [0.15, 0.2) is 0 Å². The first kappa shape index (κ1) is 22.9. The third kappa shape index (κ3) is 5.04. The molecule has 0 aliphatic carbocycles. The van der Waals surface area contributed by atoms with Gasteiger partial charge in [-0.15, -0.1) is 11.3 Å². The summed E-state index contributed by atoms with van der Waals surface area (Å²) in [5, 5.41) is 3.86. The van der Waals surface area contributed by atoms with E-state index in [0.717, 1.165) is 22.0 Å². The predicted molar refractivity (Wildman–Crippen MR) is 121 cm³/mol. The number of fused-ring (bicyclic) bond motifs is 1. The van der Waals surface area contributed by atoms with Gasteiger partial charge in [-0.3, -0.25) is 4.72 Å². The number of benzene rings is 3. The van der Waals surface area contributed by atoms with Crippen LogP contribution in [0.3, 0.4) is 0 Å². The van der Waals surface area contributed by atoms with E-state index in [-0.39, 0.29) is 12.3 Å². The molecule has 0 spiro atoms. The van der Waals surface area contributed by atoms with Crippen molar-refractivity contribution in [2.24, 2.45) is 0 Å². The molecule has 3 aromatic carbocycles. The lowest BCUT2D eigenvalue weighted by Gasteiger charge is -2.12. The number of sulfonamides is 1. The smallest absolute Gasteiger partial charge is 0.497 e. The summed E-state index contributed by atoms with van der Waals surface area (Å²) in [6, 6.07) is 16.6. The summed E-state index contributed by atoms with van der Waals surface area (Å²) >= 11 is 1.48. The monoisotopic (exact) mass is 494 g/mol. The molecule has 1 heterocycles. The second-order valence-corrected chi connectivity index (χ2v) is 9.44. The first-order chi connectivity index (χ1) is 15.7. The van der Waals surface area contributed by atoms with Gasteiger partial charge in [0.25, 0.3) is 0 Å². The molecule has 0 fully saturated rings. The summed E-state index contributed by atoms with van der Waals surface area (Å²) in [4.78, 5) is 4.58. The normalized spacial score (nSPS) is 12.0. The van der Waals surface area contributed by atoms with Crippen LogP contribution in [0.5, 0.6) is 11.5 Å². The van der Waals surface area contributed by atoms with Crippen LogP contribution >= 0.6 is 11.3 Å². The van der Waals surface area contributed by atoms with Crippen LogP contribution in [0.15, 0.2) is 66.0 Å². The van der Waals surface area contributed by atoms with E-state index < -0.39 is 15.5 Å². The van der Waals surface area contributed by atoms with Crippen LogP contribution in [0, 0.1) is 0 Å². The molecule has 0 amide bonds. The molecule has 1 aromatic heterocycles. The van der Waals surface area contributed by atoms with E-state index in [0.29, 0.717) is 16.5 Å². The number of ether oxygens (including phenoxy) is 2. The zero-order chi connectivity index (χ0) is 23.6. The van der Waals surface area contributed by atoms with Crippen molar-refractivity contribution in [3.05, 3.63) is 71.7 Å². The molecule has 0 aliphatic heterocycles. The number of methoxy groups -OCH3 is 1. The van der Waals surface area contributed by atoms with Gasteiger partial charge < -0.3 is 9.47 Å². The molecule has 0 unspecified atom stereocenters. The van der Waals surface area contributed by atoms with Crippen molar-refractivity contribution in [1.82, 2.24) is 4.98 Å². The fourth-order valence-electron chi connectivity index (χ4n) is 3.05. The number of aromatic nitrogens is 1. The quantitative estimate of drug-likeness (QED) is 0.351. The van der Waals surface area contributed by atoms with Crippen LogP contribution in [0.2, 0.25) is 0 Å². The van der Waals surface area contributed by atoms with Crippen LogP contribution < -0.4 is 14.2 Å². The van der Waals surface area contributed by atoms with E-state index in [9.17, 15) is 21.6 Å². The number of hydrogen-bond acceptors (Lipinski definition) is 6. The number of nitrogens with zero attached hydrogens (tertiary/aromatic N) is 1. The van der Waals surface area contributed by atoms with E-state index in [1.807, 2.05) is 29.6 Å². The summed E-state index contributed by atoms with van der Waals surface area (Å²) in [6.07, 6.45) is 0. The Balaban J connectivity index is 1.50. The first-order valence-corrected chi connectivity index (χ1v) is 11.9. The highest BCUT2D eigenvalue weighted by molar-refractivity contribution is 7.93. The standard InChI is InChI=1S/C22H17F3N2O4S2/c1-30-18-8-5-14(6-9-18)21-26-17(13-32-21)12-31-20-4-2-3-15-11-16(7-10-19(15)20)27-33(28,29)22(23,24)25/h2-11,13,27H,12H2,1H3. The number of nitrogens with one attached hydrogen (secondary N) is 1. The highest BCUT2D eigenvalue weighted by Gasteiger charge is 2.46. The largest absolute Gasteiger partial charge is 0.516 e. The number of hydrogen-bond donors (Lipinski definition) is 1. The van der Waals surface area contributed by atoms with Crippen LogP contribution in [0.4, 0.5) is 18.9 Å². The molecule has 1 N–H and O–H groups in total. The molecule has 33 heavy (non-hydrogen) atoms. The molecule has 172 valence electrons. The van der Waals surface area contributed by atoms with E-state index in [4.69, 9.17) is 9.47 Å². The molecule has 11 heteroatoms. The maximum Gasteiger partial charge on any atom is 0.516 e. The molecule has 4 rings (SSSR count). The summed E-state index contributed by atoms with van der Waals surface area (Å²) in [5.41, 5.74) is -3.92. The summed E-state index contributed by atoms with van der Waals surface area (Å²) < 4.78 is 73.2. The Kier molecular flexibility index (Phi) is 6.17. The minimum Gasteiger partial charge on any atom is -0.497 e. The maximum atomic E-state index is 12.6. The van der Waals surface area contributed by atoms with E-state index in [1.54, 1.807) is 30.0 Å². The van der Waals surface area contributed by atoms with Crippen LogP contribution in [0.1, 0.15) is 5.69 Å². The predicted octanol–water partition coefficient (Wildman–Crippen LogP) is 5.81. The Morgan fingerprint density at radius 3 is 2.52 bits per heavy atom. The zero-order valence-electron chi connectivity index (χ0n) is 17.1. The zero-order valence-corrected chi connectivity index (χ0v) is 18.7. The van der Waals surface area contributed by atoms with Crippen molar-refractivity contribution in [2.75, 3.05) is 11.8 Å². The Morgan fingerprint density at radius 1 is 1.06 bits per heavy atom. The number of rotatable bonds is 7. The number of anilines is 1. The van der Waals surface area contributed by atoms with Crippen molar-refractivity contribution in [3.8, 4) is 22.1 Å². The molecule has 0 bridgehead atoms. The Bertz CT molecular complexity index is 1390. The number of thiazole rings is 1. The van der Waals surface area contributed by atoms with Gasteiger partial charge in [-0.25, -0.2) is 4.98 Å². The van der Waals surface area contributed by atoms with Gasteiger partial charge in [0, 0.05) is 22.0 Å². The minimum absolute atomic E-state index is 0.189. The molecule has 4 aromatic rings. The van der Waals surface area contributed by atoms with Gasteiger partial charge in [-0.1, -0.05) is 12.1 Å². The van der Waals surface area contributed by atoms with Gasteiger partial charge >= 0.3 is 15.5 Å². The molecule has 0 aliphatic rings. The van der Waals surface area contributed by atoms with Crippen molar-refractivity contribution in [3.63, 3.8) is 0 Å². The number of alkyl halides is 3.